The topological polar surface area (TPSA) is 68.3 Å². The molecule has 0 spiro atoms. The summed E-state index contributed by atoms with van der Waals surface area (Å²) in [5.41, 5.74) is 1.50. The molecule has 0 radical (unpaired) electrons. The van der Waals surface area contributed by atoms with Crippen molar-refractivity contribution in [2.75, 3.05) is 11.9 Å². The van der Waals surface area contributed by atoms with Crippen LogP contribution in [0, 0.1) is 0 Å². The fraction of sp³-hybridized carbons (Fsp3) is 0.150. The van der Waals surface area contributed by atoms with Crippen molar-refractivity contribution in [2.45, 2.75) is 13.3 Å². The number of Topliss-reactive ketones (excluding diaryl/α,β-unsaturated/α-hetero) is 1. The van der Waals surface area contributed by atoms with Crippen LogP contribution in [0.15, 0.2) is 48.6 Å². The molecule has 0 aliphatic rings. The van der Waals surface area contributed by atoms with Gasteiger partial charge in [0.05, 0.1) is 15.2 Å². The zero-order valence-electron chi connectivity index (χ0n) is 14.9. The van der Waals surface area contributed by atoms with Gasteiger partial charge in [-0.15, -0.1) is 0 Å². The van der Waals surface area contributed by atoms with Crippen LogP contribution in [0.5, 0.6) is 5.75 Å². The largest absolute Gasteiger partial charge is 0.482 e. The molecule has 0 fully saturated rings. The summed E-state index contributed by atoms with van der Waals surface area (Å²) in [6, 6.07) is 10.6. The molecule has 0 unspecified atom stereocenters. The van der Waals surface area contributed by atoms with E-state index in [9.17, 15) is 9.59 Å². The second kappa shape index (κ2) is 8.73. The minimum Gasteiger partial charge on any atom is -0.482 e. The first-order valence-corrected chi connectivity index (χ1v) is 9.96. The standard InChI is InChI=1S/C20H16Cl2N2O3S/c1-3-11(2)19(26)12-8-9-14(18(22)17(12)21)27-10-16(25)24-20-23-13-6-4-5-7-15(13)28-20/h4-9H,2-3,10H2,1H3,(H,23,24,25). The van der Waals surface area contributed by atoms with Crippen molar-refractivity contribution in [3.05, 3.63) is 64.2 Å². The molecule has 1 N–H and O–H groups in total. The number of carbonyl (C=O) groups is 2. The normalized spacial score (nSPS) is 10.7. The third-order valence-electron chi connectivity index (χ3n) is 3.94. The van der Waals surface area contributed by atoms with Crippen molar-refractivity contribution in [3.63, 3.8) is 0 Å². The highest BCUT2D eigenvalue weighted by Crippen LogP contribution is 2.36. The molecule has 28 heavy (non-hydrogen) atoms. The van der Waals surface area contributed by atoms with Gasteiger partial charge in [-0.25, -0.2) is 4.98 Å². The van der Waals surface area contributed by atoms with E-state index in [2.05, 4.69) is 16.9 Å². The number of rotatable bonds is 7. The Hall–Kier alpha value is -2.41. The van der Waals surface area contributed by atoms with Gasteiger partial charge < -0.3 is 4.74 Å². The van der Waals surface area contributed by atoms with E-state index < -0.39 is 0 Å². The van der Waals surface area contributed by atoms with Gasteiger partial charge >= 0.3 is 0 Å². The summed E-state index contributed by atoms with van der Waals surface area (Å²) in [6.45, 7) is 5.27. The molecule has 2 aromatic carbocycles. The maximum absolute atomic E-state index is 12.2. The number of amides is 1. The lowest BCUT2D eigenvalue weighted by molar-refractivity contribution is -0.118. The molecule has 0 aliphatic heterocycles. The number of hydrogen-bond acceptors (Lipinski definition) is 5. The molecule has 0 bridgehead atoms. The quantitative estimate of drug-likeness (QED) is 0.378. The summed E-state index contributed by atoms with van der Waals surface area (Å²) in [6.07, 6.45) is 0.511. The average Bonchev–Trinajstić information content (AvgIpc) is 3.10. The van der Waals surface area contributed by atoms with Gasteiger partial charge in [-0.1, -0.05) is 60.2 Å². The predicted molar refractivity (Wildman–Crippen MR) is 114 cm³/mol. The van der Waals surface area contributed by atoms with Gasteiger partial charge in [-0.05, 0) is 36.3 Å². The number of fused-ring (bicyclic) bond motifs is 1. The lowest BCUT2D eigenvalue weighted by Crippen LogP contribution is -2.20. The van der Waals surface area contributed by atoms with E-state index >= 15 is 0 Å². The van der Waals surface area contributed by atoms with Crippen LogP contribution in [-0.2, 0) is 4.79 Å². The first-order chi connectivity index (χ1) is 13.4. The van der Waals surface area contributed by atoms with Crippen molar-refractivity contribution in [1.29, 1.82) is 0 Å². The van der Waals surface area contributed by atoms with E-state index in [-0.39, 0.29) is 39.7 Å². The number of thiazole rings is 1. The Morgan fingerprint density at radius 1 is 1.18 bits per heavy atom. The number of halogens is 2. The Morgan fingerprint density at radius 2 is 1.93 bits per heavy atom. The summed E-state index contributed by atoms with van der Waals surface area (Å²) in [5.74, 6) is -0.440. The Morgan fingerprint density at radius 3 is 2.64 bits per heavy atom. The fourth-order valence-electron chi connectivity index (χ4n) is 2.39. The lowest BCUT2D eigenvalue weighted by atomic mass is 10.0. The van der Waals surface area contributed by atoms with Crippen molar-refractivity contribution in [3.8, 4) is 5.75 Å². The van der Waals surface area contributed by atoms with Gasteiger partial charge in [0.1, 0.15) is 10.8 Å². The van der Waals surface area contributed by atoms with Gasteiger partial charge in [0, 0.05) is 5.56 Å². The third kappa shape index (κ3) is 4.35. The molecule has 144 valence electrons. The number of nitrogens with one attached hydrogen (secondary N) is 1. The smallest absolute Gasteiger partial charge is 0.264 e. The van der Waals surface area contributed by atoms with Crippen molar-refractivity contribution < 1.29 is 14.3 Å². The molecular formula is C20H16Cl2N2O3S. The summed E-state index contributed by atoms with van der Waals surface area (Å²) < 4.78 is 6.44. The summed E-state index contributed by atoms with van der Waals surface area (Å²) >= 11 is 13.8. The molecule has 0 saturated heterocycles. The first kappa shape index (κ1) is 20.3. The number of ketones is 1. The van der Waals surface area contributed by atoms with Crippen LogP contribution in [0.4, 0.5) is 5.13 Å². The van der Waals surface area contributed by atoms with E-state index in [0.29, 0.717) is 17.1 Å². The van der Waals surface area contributed by atoms with Crippen LogP contribution < -0.4 is 10.1 Å². The molecule has 1 heterocycles. The van der Waals surface area contributed by atoms with Crippen LogP contribution in [0.1, 0.15) is 23.7 Å². The molecule has 5 nitrogen and oxygen atoms in total. The molecule has 3 rings (SSSR count). The number of nitrogens with zero attached hydrogens (tertiary/aromatic N) is 1. The molecule has 1 amide bonds. The minimum absolute atomic E-state index is 0.0733. The van der Waals surface area contributed by atoms with E-state index in [0.717, 1.165) is 10.2 Å². The maximum Gasteiger partial charge on any atom is 0.264 e. The fourth-order valence-corrected chi connectivity index (χ4v) is 3.74. The lowest BCUT2D eigenvalue weighted by Gasteiger charge is -2.11. The number of anilines is 1. The van der Waals surface area contributed by atoms with Crippen LogP contribution in [0.25, 0.3) is 10.2 Å². The van der Waals surface area contributed by atoms with Crippen molar-refractivity contribution >= 4 is 61.6 Å². The highest BCUT2D eigenvalue weighted by atomic mass is 35.5. The minimum atomic E-state index is -0.384. The Balaban J connectivity index is 1.66. The monoisotopic (exact) mass is 434 g/mol. The second-order valence-electron chi connectivity index (χ2n) is 5.85. The maximum atomic E-state index is 12.2. The number of hydrogen-bond donors (Lipinski definition) is 1. The second-order valence-corrected chi connectivity index (χ2v) is 7.64. The van der Waals surface area contributed by atoms with Crippen LogP contribution in [-0.4, -0.2) is 23.3 Å². The van der Waals surface area contributed by atoms with Gasteiger partial charge in [-0.3, -0.25) is 14.9 Å². The zero-order chi connectivity index (χ0) is 20.3. The third-order valence-corrected chi connectivity index (χ3v) is 5.75. The summed E-state index contributed by atoms with van der Waals surface area (Å²) in [5, 5.41) is 3.32. The van der Waals surface area contributed by atoms with E-state index in [1.165, 1.54) is 23.5 Å². The van der Waals surface area contributed by atoms with Gasteiger partial charge in [0.15, 0.2) is 17.5 Å². The molecule has 3 aromatic rings. The van der Waals surface area contributed by atoms with Gasteiger partial charge in [0.25, 0.3) is 5.91 Å². The molecular weight excluding hydrogens is 419 g/mol. The average molecular weight is 435 g/mol. The SMILES string of the molecule is C=C(CC)C(=O)c1ccc(OCC(=O)Nc2nc3ccccc3s2)c(Cl)c1Cl. The number of benzene rings is 2. The van der Waals surface area contributed by atoms with Crippen LogP contribution >= 0.6 is 34.5 Å². The molecule has 1 aromatic heterocycles. The van der Waals surface area contributed by atoms with E-state index in [1.54, 1.807) is 0 Å². The number of para-hydroxylation sites is 1. The summed E-state index contributed by atoms with van der Waals surface area (Å²) in [4.78, 5) is 28.7. The molecule has 0 atom stereocenters. The molecule has 8 heteroatoms. The predicted octanol–water partition coefficient (Wildman–Crippen LogP) is 5.77. The Kier molecular flexibility index (Phi) is 6.34. The highest BCUT2D eigenvalue weighted by molar-refractivity contribution is 7.22. The Bertz CT molecular complexity index is 1050. The van der Waals surface area contributed by atoms with Crippen LogP contribution in [0.3, 0.4) is 0 Å². The number of allylic oxidation sites excluding steroid dienone is 1. The first-order valence-electron chi connectivity index (χ1n) is 8.39. The van der Waals surface area contributed by atoms with Gasteiger partial charge in [-0.2, -0.15) is 0 Å². The van der Waals surface area contributed by atoms with Crippen molar-refractivity contribution in [2.24, 2.45) is 0 Å². The molecule has 0 aliphatic carbocycles. The number of ether oxygens (including phenoxy) is 1. The van der Waals surface area contributed by atoms with Gasteiger partial charge in [0.2, 0.25) is 0 Å². The van der Waals surface area contributed by atoms with E-state index in [4.69, 9.17) is 27.9 Å². The van der Waals surface area contributed by atoms with E-state index in [1.807, 2.05) is 31.2 Å². The van der Waals surface area contributed by atoms with Crippen molar-refractivity contribution in [1.82, 2.24) is 4.98 Å². The van der Waals surface area contributed by atoms with Crippen LogP contribution in [0.2, 0.25) is 10.0 Å². The zero-order valence-corrected chi connectivity index (χ0v) is 17.2. The molecule has 0 saturated carbocycles. The summed E-state index contributed by atoms with van der Waals surface area (Å²) in [7, 11) is 0. The highest BCUT2D eigenvalue weighted by Gasteiger charge is 2.18. The number of aromatic nitrogens is 1. The number of carbonyl (C=O) groups excluding carboxylic acids is 2. The Labute approximate surface area is 175 Å².